The molecule has 0 atom stereocenters. The summed E-state index contributed by atoms with van der Waals surface area (Å²) in [4.78, 5) is 0. The second kappa shape index (κ2) is 7.24. The van der Waals surface area contributed by atoms with Gasteiger partial charge >= 0.3 is 0 Å². The van der Waals surface area contributed by atoms with E-state index in [0.717, 1.165) is 22.3 Å². The highest BCUT2D eigenvalue weighted by Gasteiger charge is 2.38. The van der Waals surface area contributed by atoms with Gasteiger partial charge in [-0.25, -0.2) is 0 Å². The van der Waals surface area contributed by atoms with Gasteiger partial charge in [0.2, 0.25) is 0 Å². The molecule has 0 heterocycles. The van der Waals surface area contributed by atoms with Crippen LogP contribution in [0.25, 0.3) is 0 Å². The van der Waals surface area contributed by atoms with Crippen LogP contribution >= 0.6 is 0 Å². The molecule has 0 bridgehead atoms. The molecule has 2 N–H and O–H groups in total. The molecule has 0 aromatic heterocycles. The molecule has 0 aliphatic carbocycles. The van der Waals surface area contributed by atoms with Crippen molar-refractivity contribution in [2.24, 2.45) is 0 Å². The van der Waals surface area contributed by atoms with Crippen molar-refractivity contribution in [1.82, 2.24) is 0 Å². The Labute approximate surface area is 165 Å². The van der Waals surface area contributed by atoms with Gasteiger partial charge in [0, 0.05) is 0 Å². The van der Waals surface area contributed by atoms with Crippen LogP contribution in [0.3, 0.4) is 0 Å². The summed E-state index contributed by atoms with van der Waals surface area (Å²) in [6.45, 7) is 2.07. The number of aryl methyl sites for hydroxylation is 1. The summed E-state index contributed by atoms with van der Waals surface area (Å²) in [5.74, 6) is -0.247. The summed E-state index contributed by atoms with van der Waals surface area (Å²) in [6.07, 6.45) is 0. The van der Waals surface area contributed by atoms with Gasteiger partial charge in [0.15, 0.2) is 11.5 Å². The molecular formula is C26H22O2. The van der Waals surface area contributed by atoms with E-state index in [2.05, 4.69) is 55.5 Å². The minimum absolute atomic E-state index is 0.123. The molecule has 4 aromatic rings. The Kier molecular flexibility index (Phi) is 4.62. The Hall–Kier alpha value is -3.52. The van der Waals surface area contributed by atoms with E-state index in [1.54, 1.807) is 12.1 Å². The van der Waals surface area contributed by atoms with Gasteiger partial charge in [-0.3, -0.25) is 0 Å². The topological polar surface area (TPSA) is 40.5 Å². The Morgan fingerprint density at radius 2 is 0.964 bits per heavy atom. The van der Waals surface area contributed by atoms with Crippen LogP contribution in [0.4, 0.5) is 0 Å². The quantitative estimate of drug-likeness (QED) is 0.354. The van der Waals surface area contributed by atoms with Gasteiger partial charge in [0.25, 0.3) is 0 Å². The number of aromatic hydroxyl groups is 2. The lowest BCUT2D eigenvalue weighted by Gasteiger charge is -2.37. The van der Waals surface area contributed by atoms with E-state index >= 15 is 0 Å². The normalized spacial score (nSPS) is 11.3. The number of rotatable bonds is 4. The molecule has 138 valence electrons. The SMILES string of the molecule is Cc1ccc(C(c2ccccc2)(c2ccccc2)c2ccc(O)c(O)c2)cc1. The van der Waals surface area contributed by atoms with Crippen molar-refractivity contribution in [2.45, 2.75) is 12.3 Å². The highest BCUT2D eigenvalue weighted by molar-refractivity contribution is 5.61. The van der Waals surface area contributed by atoms with E-state index in [-0.39, 0.29) is 11.5 Å². The number of phenolic OH excluding ortho intramolecular Hbond substituents is 2. The molecule has 0 saturated heterocycles. The molecule has 4 aromatic carbocycles. The third-order valence-electron chi connectivity index (χ3n) is 5.31. The molecule has 0 spiro atoms. The van der Waals surface area contributed by atoms with Crippen LogP contribution < -0.4 is 0 Å². The Bertz CT molecular complexity index is 1030. The zero-order chi connectivity index (χ0) is 19.6. The van der Waals surface area contributed by atoms with E-state index in [4.69, 9.17) is 0 Å². The maximum atomic E-state index is 10.3. The van der Waals surface area contributed by atoms with Crippen molar-refractivity contribution in [2.75, 3.05) is 0 Å². The standard InChI is InChI=1S/C26H22O2/c1-19-12-14-22(15-13-19)26(20-8-4-2-5-9-20,21-10-6-3-7-11-21)23-16-17-24(27)25(28)18-23/h2-18,27-28H,1H3. The van der Waals surface area contributed by atoms with Crippen molar-refractivity contribution in [3.63, 3.8) is 0 Å². The number of hydrogen-bond donors (Lipinski definition) is 2. The number of benzene rings is 4. The van der Waals surface area contributed by atoms with Gasteiger partial charge in [-0.1, -0.05) is 96.6 Å². The molecule has 0 unspecified atom stereocenters. The average molecular weight is 366 g/mol. The van der Waals surface area contributed by atoms with Gasteiger partial charge in [-0.15, -0.1) is 0 Å². The van der Waals surface area contributed by atoms with E-state index in [9.17, 15) is 10.2 Å². The molecule has 2 nitrogen and oxygen atoms in total. The summed E-state index contributed by atoms with van der Waals surface area (Å²) in [7, 11) is 0. The zero-order valence-corrected chi connectivity index (χ0v) is 15.7. The fourth-order valence-electron chi connectivity index (χ4n) is 3.94. The van der Waals surface area contributed by atoms with E-state index in [0.29, 0.717) is 0 Å². The van der Waals surface area contributed by atoms with Gasteiger partial charge in [-0.05, 0) is 41.3 Å². The van der Waals surface area contributed by atoms with Crippen molar-refractivity contribution in [3.8, 4) is 11.5 Å². The maximum Gasteiger partial charge on any atom is 0.157 e. The number of phenols is 2. The fourth-order valence-corrected chi connectivity index (χ4v) is 3.94. The monoisotopic (exact) mass is 366 g/mol. The molecule has 0 fully saturated rings. The highest BCUT2D eigenvalue weighted by Crippen LogP contribution is 2.46. The van der Waals surface area contributed by atoms with Crippen molar-refractivity contribution in [3.05, 3.63) is 131 Å². The van der Waals surface area contributed by atoms with E-state index in [1.807, 2.05) is 42.5 Å². The first-order valence-corrected chi connectivity index (χ1v) is 9.33. The van der Waals surface area contributed by atoms with Crippen LogP contribution in [0, 0.1) is 6.92 Å². The van der Waals surface area contributed by atoms with Crippen LogP contribution in [0.5, 0.6) is 11.5 Å². The molecular weight excluding hydrogens is 344 g/mol. The highest BCUT2D eigenvalue weighted by atomic mass is 16.3. The van der Waals surface area contributed by atoms with Crippen molar-refractivity contribution in [1.29, 1.82) is 0 Å². The molecule has 28 heavy (non-hydrogen) atoms. The summed E-state index contributed by atoms with van der Waals surface area (Å²) in [5, 5.41) is 20.2. The van der Waals surface area contributed by atoms with E-state index < -0.39 is 5.41 Å². The molecule has 0 saturated carbocycles. The van der Waals surface area contributed by atoms with Gasteiger partial charge in [-0.2, -0.15) is 0 Å². The molecule has 0 aliphatic heterocycles. The lowest BCUT2D eigenvalue weighted by molar-refractivity contribution is 0.402. The van der Waals surface area contributed by atoms with Crippen molar-refractivity contribution >= 4 is 0 Å². The van der Waals surface area contributed by atoms with E-state index in [1.165, 1.54) is 5.56 Å². The Morgan fingerprint density at radius 3 is 1.46 bits per heavy atom. The molecule has 0 aliphatic rings. The lowest BCUT2D eigenvalue weighted by atomic mass is 9.65. The van der Waals surface area contributed by atoms with Crippen LogP contribution in [0.1, 0.15) is 27.8 Å². The van der Waals surface area contributed by atoms with Crippen LogP contribution in [0.2, 0.25) is 0 Å². The summed E-state index contributed by atoms with van der Waals surface area (Å²) in [6, 6.07) is 34.1. The molecule has 2 heteroatoms. The van der Waals surface area contributed by atoms with Crippen molar-refractivity contribution < 1.29 is 10.2 Å². The van der Waals surface area contributed by atoms with Gasteiger partial charge in [0.1, 0.15) is 0 Å². The molecule has 0 amide bonds. The largest absolute Gasteiger partial charge is 0.504 e. The molecule has 0 radical (unpaired) electrons. The van der Waals surface area contributed by atoms with Gasteiger partial charge < -0.3 is 10.2 Å². The zero-order valence-electron chi connectivity index (χ0n) is 15.7. The third kappa shape index (κ3) is 2.93. The summed E-state index contributed by atoms with van der Waals surface area (Å²) < 4.78 is 0. The first-order chi connectivity index (χ1) is 13.6. The average Bonchev–Trinajstić information content (AvgIpc) is 2.74. The fraction of sp³-hybridized carbons (Fsp3) is 0.0769. The minimum Gasteiger partial charge on any atom is -0.504 e. The maximum absolute atomic E-state index is 10.3. The first kappa shape index (κ1) is 17.9. The summed E-state index contributed by atoms with van der Waals surface area (Å²) in [5.41, 5.74) is 4.74. The second-order valence-electron chi connectivity index (χ2n) is 7.05. The third-order valence-corrected chi connectivity index (χ3v) is 5.31. The summed E-state index contributed by atoms with van der Waals surface area (Å²) >= 11 is 0. The van der Waals surface area contributed by atoms with Gasteiger partial charge in [0.05, 0.1) is 5.41 Å². The van der Waals surface area contributed by atoms with Crippen LogP contribution in [0.15, 0.2) is 103 Å². The minimum atomic E-state index is -0.624. The van der Waals surface area contributed by atoms with Crippen LogP contribution in [-0.4, -0.2) is 10.2 Å². The first-order valence-electron chi connectivity index (χ1n) is 9.33. The predicted octanol–water partition coefficient (Wildman–Crippen LogP) is 5.79. The lowest BCUT2D eigenvalue weighted by Crippen LogP contribution is -2.30. The Balaban J connectivity index is 2.14. The predicted molar refractivity (Wildman–Crippen MR) is 113 cm³/mol. The molecule has 4 rings (SSSR count). The number of hydrogen-bond acceptors (Lipinski definition) is 2. The smallest absolute Gasteiger partial charge is 0.157 e. The second-order valence-corrected chi connectivity index (χ2v) is 7.05. The Morgan fingerprint density at radius 1 is 0.500 bits per heavy atom. The van der Waals surface area contributed by atoms with Crippen LogP contribution in [-0.2, 0) is 5.41 Å².